The maximum atomic E-state index is 12.6. The normalized spacial score (nSPS) is 11.5. The number of nitrogens with zero attached hydrogens (tertiary/aromatic N) is 3. The van der Waals surface area contributed by atoms with Crippen LogP contribution in [0.25, 0.3) is 21.5 Å². The Labute approximate surface area is 313 Å². The first-order valence-corrected chi connectivity index (χ1v) is 17.6. The Balaban J connectivity index is 1.32. The highest BCUT2D eigenvalue weighted by atomic mass is 32.2. The first-order chi connectivity index (χ1) is 26.1. The van der Waals surface area contributed by atoms with E-state index < -0.39 is 32.7 Å². The number of hydrogen-bond donors (Lipinski definition) is 7. The number of aromatic hydroxyl groups is 2. The summed E-state index contributed by atoms with van der Waals surface area (Å²) in [6.07, 6.45) is 0. The van der Waals surface area contributed by atoms with E-state index >= 15 is 0 Å². The second-order valence-corrected chi connectivity index (χ2v) is 13.6. The van der Waals surface area contributed by atoms with Gasteiger partial charge in [0.2, 0.25) is 0 Å². The van der Waals surface area contributed by atoms with Crippen molar-refractivity contribution >= 4 is 77.7 Å². The number of phenols is 2. The van der Waals surface area contributed by atoms with Crippen molar-refractivity contribution < 1.29 is 52.5 Å². The SMILES string of the molecule is COc1ccc(C(=O)O)cc1N=Nc1c(C)cc2cc(Nc3ccc4c(O)c(N(C)Nc5cc(C(=O)O)ccc5OC)c(S(=O)(=O)O)cc4c3)ccc2c1O. The lowest BCUT2D eigenvalue weighted by atomic mass is 10.0. The van der Waals surface area contributed by atoms with Gasteiger partial charge < -0.3 is 35.2 Å². The van der Waals surface area contributed by atoms with Crippen LogP contribution in [-0.4, -0.2) is 66.6 Å². The molecule has 0 atom stereocenters. The lowest BCUT2D eigenvalue weighted by molar-refractivity contribution is 0.0686. The Kier molecular flexibility index (Phi) is 10.1. The summed E-state index contributed by atoms with van der Waals surface area (Å²) in [6, 6.07) is 21.0. The Morgan fingerprint density at radius 2 is 1.29 bits per heavy atom. The maximum Gasteiger partial charge on any atom is 0.335 e. The first-order valence-electron chi connectivity index (χ1n) is 16.1. The molecule has 16 nitrogen and oxygen atoms in total. The van der Waals surface area contributed by atoms with E-state index in [1.165, 1.54) is 63.7 Å². The summed E-state index contributed by atoms with van der Waals surface area (Å²) in [5.74, 6) is -2.47. The molecule has 0 unspecified atom stereocenters. The van der Waals surface area contributed by atoms with Gasteiger partial charge in [-0.15, -0.1) is 10.2 Å². The molecule has 282 valence electrons. The smallest absolute Gasteiger partial charge is 0.335 e. The lowest BCUT2D eigenvalue weighted by Crippen LogP contribution is -2.27. The van der Waals surface area contributed by atoms with Crippen LogP contribution < -0.4 is 25.2 Å². The van der Waals surface area contributed by atoms with Gasteiger partial charge in [-0.25, -0.2) is 9.59 Å². The predicted molar refractivity (Wildman–Crippen MR) is 205 cm³/mol. The highest BCUT2D eigenvalue weighted by Gasteiger charge is 2.26. The molecule has 0 aliphatic heterocycles. The third-order valence-corrected chi connectivity index (χ3v) is 9.51. The molecule has 55 heavy (non-hydrogen) atoms. The standard InChI is InChI=1S/C38H33N5O11S/c1-19-13-22-14-24(7-9-26(22)35(44)33(19)41-40-28-16-20(37(46)47)5-11-30(28)53-3)39-25-8-10-27-23(15-25)18-32(55(50,51)52)34(36(27)45)43(2)42-29-17-21(38(48)49)6-12-31(29)54-4/h5-18,39,42,44-45H,1-4H3,(H,46,47)(H,48,49)(H,50,51,52). The van der Waals surface area contributed by atoms with Crippen molar-refractivity contribution in [3.8, 4) is 23.0 Å². The van der Waals surface area contributed by atoms with Gasteiger partial charge in [0.1, 0.15) is 39.2 Å². The largest absolute Gasteiger partial charge is 0.505 e. The molecule has 0 aromatic heterocycles. The second kappa shape index (κ2) is 14.7. The van der Waals surface area contributed by atoms with E-state index in [4.69, 9.17) is 9.47 Å². The summed E-state index contributed by atoms with van der Waals surface area (Å²) >= 11 is 0. The highest BCUT2D eigenvalue weighted by Crippen LogP contribution is 2.43. The molecule has 6 aromatic rings. The zero-order chi connectivity index (χ0) is 39.8. The third-order valence-electron chi connectivity index (χ3n) is 8.65. The van der Waals surface area contributed by atoms with Crippen molar-refractivity contribution in [3.05, 3.63) is 102 Å². The number of carboxylic acids is 2. The quantitative estimate of drug-likeness (QED) is 0.0355. The average Bonchev–Trinajstić information content (AvgIpc) is 3.13. The number of anilines is 4. The molecular weight excluding hydrogens is 735 g/mol. The fourth-order valence-corrected chi connectivity index (χ4v) is 6.76. The molecule has 0 saturated heterocycles. The summed E-state index contributed by atoms with van der Waals surface area (Å²) in [5.41, 5.74) is 4.57. The van der Waals surface area contributed by atoms with Crippen molar-refractivity contribution in [2.45, 2.75) is 11.8 Å². The number of hydrogen-bond acceptors (Lipinski definition) is 13. The van der Waals surface area contributed by atoms with E-state index in [2.05, 4.69) is 21.0 Å². The van der Waals surface area contributed by atoms with Crippen LogP contribution in [0, 0.1) is 6.92 Å². The molecular formula is C38H33N5O11S. The Morgan fingerprint density at radius 1 is 0.727 bits per heavy atom. The number of benzene rings is 6. The number of aromatic carboxylic acids is 2. The van der Waals surface area contributed by atoms with Gasteiger partial charge in [0, 0.05) is 29.2 Å². The summed E-state index contributed by atoms with van der Waals surface area (Å²) in [7, 11) is -0.760. The fourth-order valence-electron chi connectivity index (χ4n) is 6.00. The summed E-state index contributed by atoms with van der Waals surface area (Å²) in [6.45, 7) is 1.73. The number of methoxy groups -OCH3 is 2. The molecule has 17 heteroatoms. The maximum absolute atomic E-state index is 12.6. The minimum Gasteiger partial charge on any atom is -0.505 e. The van der Waals surface area contributed by atoms with E-state index in [9.17, 15) is 43.0 Å². The number of fused-ring (bicyclic) bond motifs is 2. The van der Waals surface area contributed by atoms with Crippen LogP contribution >= 0.6 is 0 Å². The van der Waals surface area contributed by atoms with Crippen molar-refractivity contribution in [2.75, 3.05) is 37.0 Å². The third kappa shape index (κ3) is 7.55. The van der Waals surface area contributed by atoms with E-state index in [0.29, 0.717) is 33.5 Å². The lowest BCUT2D eigenvalue weighted by Gasteiger charge is -2.26. The zero-order valence-electron chi connectivity index (χ0n) is 29.5. The number of ether oxygens (including phenoxy) is 2. The highest BCUT2D eigenvalue weighted by molar-refractivity contribution is 7.86. The van der Waals surface area contributed by atoms with Crippen LogP contribution in [0.15, 0.2) is 100 Å². The monoisotopic (exact) mass is 767 g/mol. The molecule has 0 spiro atoms. The van der Waals surface area contributed by atoms with Crippen LogP contribution in [0.5, 0.6) is 23.0 Å². The number of phenolic OH excluding ortho intramolecular Hbond substituents is 2. The van der Waals surface area contributed by atoms with Gasteiger partial charge in [0.05, 0.1) is 31.0 Å². The number of carboxylic acid groups (broad SMARTS) is 2. The molecule has 0 aliphatic carbocycles. The van der Waals surface area contributed by atoms with Crippen molar-refractivity contribution in [2.24, 2.45) is 10.2 Å². The second-order valence-electron chi connectivity index (χ2n) is 12.2. The molecule has 0 amide bonds. The van der Waals surface area contributed by atoms with Gasteiger partial charge in [0.25, 0.3) is 10.1 Å². The van der Waals surface area contributed by atoms with Crippen LogP contribution in [-0.2, 0) is 10.1 Å². The van der Waals surface area contributed by atoms with Crippen LogP contribution in [0.4, 0.5) is 34.1 Å². The van der Waals surface area contributed by atoms with Gasteiger partial charge >= 0.3 is 11.9 Å². The van der Waals surface area contributed by atoms with E-state index in [1.54, 1.807) is 49.4 Å². The van der Waals surface area contributed by atoms with Gasteiger partial charge in [0.15, 0.2) is 5.75 Å². The van der Waals surface area contributed by atoms with Crippen molar-refractivity contribution in [3.63, 3.8) is 0 Å². The van der Waals surface area contributed by atoms with E-state index in [0.717, 1.165) is 5.01 Å². The van der Waals surface area contributed by atoms with Crippen LogP contribution in [0.3, 0.4) is 0 Å². The van der Waals surface area contributed by atoms with Crippen LogP contribution in [0.2, 0.25) is 0 Å². The molecule has 0 heterocycles. The number of aryl methyl sites for hydroxylation is 1. The van der Waals surface area contributed by atoms with E-state index in [1.807, 2.05) is 0 Å². The Morgan fingerprint density at radius 3 is 1.87 bits per heavy atom. The Bertz CT molecular complexity index is 2680. The minimum absolute atomic E-state index is 0.00911. The summed E-state index contributed by atoms with van der Waals surface area (Å²) in [4.78, 5) is 22.4. The average molecular weight is 768 g/mol. The Hall–Kier alpha value is -7.11. The molecule has 0 saturated carbocycles. The summed E-state index contributed by atoms with van der Waals surface area (Å²) in [5, 5.41) is 55.7. The van der Waals surface area contributed by atoms with Crippen molar-refractivity contribution in [1.82, 2.24) is 0 Å². The van der Waals surface area contributed by atoms with E-state index in [-0.39, 0.29) is 56.1 Å². The van der Waals surface area contributed by atoms with Crippen LogP contribution in [0.1, 0.15) is 26.3 Å². The predicted octanol–water partition coefficient (Wildman–Crippen LogP) is 8.00. The molecule has 0 radical (unpaired) electrons. The topological polar surface area (TPSA) is 240 Å². The molecule has 6 rings (SSSR count). The molecule has 7 N–H and O–H groups in total. The number of nitrogens with one attached hydrogen (secondary N) is 2. The number of azo groups is 1. The first kappa shape index (κ1) is 37.6. The number of carbonyl (C=O) groups is 2. The van der Waals surface area contributed by atoms with Crippen molar-refractivity contribution in [1.29, 1.82) is 0 Å². The fraction of sp³-hybridized carbons (Fsp3) is 0.105. The van der Waals surface area contributed by atoms with Gasteiger partial charge in [-0.05, 0) is 108 Å². The zero-order valence-corrected chi connectivity index (χ0v) is 30.3. The molecule has 0 fully saturated rings. The summed E-state index contributed by atoms with van der Waals surface area (Å²) < 4.78 is 46.1. The molecule has 0 bridgehead atoms. The minimum atomic E-state index is -4.91. The van der Waals surface area contributed by atoms with Gasteiger partial charge in [-0.2, -0.15) is 8.42 Å². The van der Waals surface area contributed by atoms with Gasteiger partial charge in [-0.3, -0.25) is 15.0 Å². The molecule has 6 aromatic carbocycles. The van der Waals surface area contributed by atoms with Gasteiger partial charge in [-0.1, -0.05) is 0 Å². The number of rotatable bonds is 12. The number of hydrazine groups is 1. The molecule has 0 aliphatic rings.